The number of likely N-dealkylation sites (tertiary alicyclic amines) is 1. The maximum atomic E-state index is 5.94. The normalized spacial score (nSPS) is 26.0. The summed E-state index contributed by atoms with van der Waals surface area (Å²) in [6, 6.07) is 0.530. The lowest BCUT2D eigenvalue weighted by atomic mass is 10.1. The fourth-order valence-electron chi connectivity index (χ4n) is 4.54. The minimum Gasteiger partial charge on any atom is -0.381 e. The molecule has 3 rings (SSSR count). The first-order chi connectivity index (χ1) is 13.3. The van der Waals surface area contributed by atoms with Gasteiger partial charge in [-0.25, -0.2) is 0 Å². The first-order valence-electron chi connectivity index (χ1n) is 11.3. The minimum absolute atomic E-state index is 0.387. The van der Waals surface area contributed by atoms with Gasteiger partial charge in [0.15, 0.2) is 5.96 Å². The molecule has 2 aliphatic heterocycles. The van der Waals surface area contributed by atoms with Crippen LogP contribution in [0.5, 0.6) is 0 Å². The van der Waals surface area contributed by atoms with Gasteiger partial charge in [-0.05, 0) is 51.4 Å². The highest BCUT2D eigenvalue weighted by Gasteiger charge is 2.26. The van der Waals surface area contributed by atoms with Crippen molar-refractivity contribution in [2.45, 2.75) is 70.4 Å². The third kappa shape index (κ3) is 7.59. The number of nitrogens with one attached hydrogen (secondary N) is 2. The Labute approximate surface area is 165 Å². The first kappa shape index (κ1) is 20.9. The monoisotopic (exact) mass is 380 g/mol. The van der Waals surface area contributed by atoms with E-state index in [9.17, 15) is 0 Å². The Morgan fingerprint density at radius 3 is 2.74 bits per heavy atom. The summed E-state index contributed by atoms with van der Waals surface area (Å²) in [7, 11) is 0. The molecule has 6 heteroatoms. The fourth-order valence-corrected chi connectivity index (χ4v) is 4.54. The van der Waals surface area contributed by atoms with Gasteiger partial charge in [-0.15, -0.1) is 0 Å². The van der Waals surface area contributed by atoms with Crippen molar-refractivity contribution >= 4 is 5.96 Å². The third-order valence-electron chi connectivity index (χ3n) is 6.04. The van der Waals surface area contributed by atoms with E-state index in [4.69, 9.17) is 14.5 Å². The lowest BCUT2D eigenvalue weighted by Crippen LogP contribution is -2.45. The van der Waals surface area contributed by atoms with Crippen molar-refractivity contribution in [1.29, 1.82) is 0 Å². The molecule has 1 unspecified atom stereocenters. The molecule has 0 aromatic heterocycles. The average molecular weight is 381 g/mol. The van der Waals surface area contributed by atoms with Crippen LogP contribution in [0.3, 0.4) is 0 Å². The molecule has 0 radical (unpaired) electrons. The number of rotatable bonds is 9. The van der Waals surface area contributed by atoms with Gasteiger partial charge in [0.25, 0.3) is 0 Å². The molecule has 27 heavy (non-hydrogen) atoms. The van der Waals surface area contributed by atoms with Crippen LogP contribution in [-0.4, -0.2) is 75.5 Å². The zero-order valence-corrected chi connectivity index (χ0v) is 17.3. The van der Waals surface area contributed by atoms with E-state index in [2.05, 4.69) is 22.5 Å². The van der Waals surface area contributed by atoms with Crippen molar-refractivity contribution in [3.05, 3.63) is 0 Å². The van der Waals surface area contributed by atoms with Crippen molar-refractivity contribution in [1.82, 2.24) is 15.5 Å². The van der Waals surface area contributed by atoms with Crippen molar-refractivity contribution in [2.24, 2.45) is 10.9 Å². The zero-order valence-electron chi connectivity index (χ0n) is 17.3. The van der Waals surface area contributed by atoms with Crippen LogP contribution in [0.15, 0.2) is 4.99 Å². The lowest BCUT2D eigenvalue weighted by molar-refractivity contribution is -0.0318. The fraction of sp³-hybridized carbons (Fsp3) is 0.952. The molecule has 1 saturated carbocycles. The van der Waals surface area contributed by atoms with Gasteiger partial charge in [0.05, 0.1) is 6.10 Å². The van der Waals surface area contributed by atoms with Gasteiger partial charge in [0.2, 0.25) is 0 Å². The Balaban J connectivity index is 1.32. The van der Waals surface area contributed by atoms with Crippen LogP contribution in [0.25, 0.3) is 0 Å². The molecular formula is C21H40N4O2. The molecule has 6 nitrogen and oxygen atoms in total. The summed E-state index contributed by atoms with van der Waals surface area (Å²) in [6.07, 6.45) is 10.4. The summed E-state index contributed by atoms with van der Waals surface area (Å²) < 4.78 is 11.3. The Morgan fingerprint density at radius 2 is 1.96 bits per heavy atom. The molecule has 2 N–H and O–H groups in total. The highest BCUT2D eigenvalue weighted by atomic mass is 16.5. The topological polar surface area (TPSA) is 58.1 Å². The van der Waals surface area contributed by atoms with E-state index >= 15 is 0 Å². The minimum atomic E-state index is 0.387. The van der Waals surface area contributed by atoms with Crippen molar-refractivity contribution in [3.63, 3.8) is 0 Å². The van der Waals surface area contributed by atoms with E-state index in [1.165, 1.54) is 45.2 Å². The summed E-state index contributed by atoms with van der Waals surface area (Å²) in [5.74, 6) is 1.91. The molecule has 0 bridgehead atoms. The molecule has 3 aliphatic rings. The lowest BCUT2D eigenvalue weighted by Gasteiger charge is -2.22. The van der Waals surface area contributed by atoms with E-state index in [1.807, 2.05) is 0 Å². The van der Waals surface area contributed by atoms with Gasteiger partial charge in [0.1, 0.15) is 0 Å². The van der Waals surface area contributed by atoms with E-state index in [-0.39, 0.29) is 0 Å². The van der Waals surface area contributed by atoms with Crippen LogP contribution in [0.1, 0.15) is 58.3 Å². The van der Waals surface area contributed by atoms with Crippen LogP contribution in [0.4, 0.5) is 0 Å². The maximum Gasteiger partial charge on any atom is 0.191 e. The predicted octanol–water partition coefficient (Wildman–Crippen LogP) is 2.39. The molecule has 1 aliphatic carbocycles. The predicted molar refractivity (Wildman–Crippen MR) is 110 cm³/mol. The van der Waals surface area contributed by atoms with E-state index in [0.29, 0.717) is 12.1 Å². The van der Waals surface area contributed by atoms with Crippen molar-refractivity contribution in [2.75, 3.05) is 52.5 Å². The molecule has 2 heterocycles. The van der Waals surface area contributed by atoms with Crippen LogP contribution < -0.4 is 10.6 Å². The van der Waals surface area contributed by atoms with Crippen LogP contribution in [0.2, 0.25) is 0 Å². The Bertz CT molecular complexity index is 434. The highest BCUT2D eigenvalue weighted by Crippen LogP contribution is 2.26. The summed E-state index contributed by atoms with van der Waals surface area (Å²) in [4.78, 5) is 7.41. The van der Waals surface area contributed by atoms with Gasteiger partial charge < -0.3 is 25.0 Å². The molecule has 2 saturated heterocycles. The average Bonchev–Trinajstić information content (AvgIpc) is 3.35. The molecule has 156 valence electrons. The third-order valence-corrected chi connectivity index (χ3v) is 6.04. The number of hydrogen-bond donors (Lipinski definition) is 2. The van der Waals surface area contributed by atoms with Gasteiger partial charge in [-0.2, -0.15) is 0 Å². The van der Waals surface area contributed by atoms with E-state index in [0.717, 1.165) is 70.6 Å². The Kier molecular flexibility index (Phi) is 9.18. The van der Waals surface area contributed by atoms with Crippen LogP contribution >= 0.6 is 0 Å². The van der Waals surface area contributed by atoms with E-state index < -0.39 is 0 Å². The van der Waals surface area contributed by atoms with Crippen molar-refractivity contribution in [3.8, 4) is 0 Å². The van der Waals surface area contributed by atoms with Gasteiger partial charge in [-0.3, -0.25) is 4.99 Å². The molecule has 0 spiro atoms. The van der Waals surface area contributed by atoms with Gasteiger partial charge in [-0.1, -0.05) is 12.8 Å². The van der Waals surface area contributed by atoms with Gasteiger partial charge >= 0.3 is 0 Å². The quantitative estimate of drug-likeness (QED) is 0.365. The molecular weight excluding hydrogens is 340 g/mol. The molecule has 1 atom stereocenters. The van der Waals surface area contributed by atoms with Crippen LogP contribution in [-0.2, 0) is 9.47 Å². The van der Waals surface area contributed by atoms with E-state index in [1.54, 1.807) is 0 Å². The Morgan fingerprint density at radius 1 is 1.15 bits per heavy atom. The van der Waals surface area contributed by atoms with Gasteiger partial charge in [0, 0.05) is 58.6 Å². The summed E-state index contributed by atoms with van der Waals surface area (Å²) in [6.45, 7) is 10.0. The zero-order chi connectivity index (χ0) is 18.7. The molecule has 3 fully saturated rings. The standard InChI is InChI=1S/C21H40N4O2/c1-2-22-21(23-11-5-13-27-20-9-14-26-15-10-20)24-19-8-12-25(17-19)16-18-6-3-4-7-18/h18-20H,2-17H2,1H3,(H2,22,23,24). The summed E-state index contributed by atoms with van der Waals surface area (Å²) in [5.41, 5.74) is 0. The summed E-state index contributed by atoms with van der Waals surface area (Å²) in [5, 5.41) is 7.05. The maximum absolute atomic E-state index is 5.94. The first-order valence-corrected chi connectivity index (χ1v) is 11.3. The Hall–Kier alpha value is -0.850. The number of hydrogen-bond acceptors (Lipinski definition) is 4. The largest absolute Gasteiger partial charge is 0.381 e. The smallest absolute Gasteiger partial charge is 0.191 e. The van der Waals surface area contributed by atoms with Crippen LogP contribution in [0, 0.1) is 5.92 Å². The highest BCUT2D eigenvalue weighted by molar-refractivity contribution is 5.80. The number of nitrogens with zero attached hydrogens (tertiary/aromatic N) is 2. The summed E-state index contributed by atoms with van der Waals surface area (Å²) >= 11 is 0. The molecule has 0 aromatic rings. The number of aliphatic imine (C=N–C) groups is 1. The second kappa shape index (κ2) is 11.9. The SMILES string of the molecule is CCNC(=NCCCOC1CCOCC1)NC1CCN(CC2CCCC2)C1. The number of ether oxygens (including phenoxy) is 2. The second-order valence-electron chi connectivity index (χ2n) is 8.34. The van der Waals surface area contributed by atoms with Crippen molar-refractivity contribution < 1.29 is 9.47 Å². The molecule has 0 aromatic carbocycles. The number of guanidine groups is 1. The second-order valence-corrected chi connectivity index (χ2v) is 8.34. The molecule has 0 amide bonds.